The van der Waals surface area contributed by atoms with E-state index in [0.717, 1.165) is 7.99 Å². The largest absolute Gasteiger partial charge is 0.383 e. The number of nitrogens with zero attached hydrogens (tertiary/aromatic N) is 2. The molecule has 0 N–H and O–H groups in total. The molecule has 6 heteroatoms. The highest BCUT2D eigenvalue weighted by Crippen LogP contribution is 2.31. The molecule has 0 spiro atoms. The van der Waals surface area contributed by atoms with Crippen LogP contribution in [0.1, 0.15) is 16.8 Å². The van der Waals surface area contributed by atoms with Gasteiger partial charge >= 0.3 is 0 Å². The zero-order valence-corrected chi connectivity index (χ0v) is 13.4. The summed E-state index contributed by atoms with van der Waals surface area (Å²) in [5, 5.41) is 0. The summed E-state index contributed by atoms with van der Waals surface area (Å²) in [6.45, 7) is 0. The van der Waals surface area contributed by atoms with E-state index in [-0.39, 0.29) is 18.1 Å². The second-order valence-corrected chi connectivity index (χ2v) is 6.04. The maximum absolute atomic E-state index is 12.5. The number of hydrogen-bond acceptors (Lipinski definition) is 3. The van der Waals surface area contributed by atoms with Gasteiger partial charge in [0.05, 0.1) is 12.1 Å². The number of anilines is 1. The van der Waals surface area contributed by atoms with E-state index in [1.807, 2.05) is 20.2 Å². The number of benzene rings is 1. The molecule has 0 aromatic heterocycles. The van der Waals surface area contributed by atoms with E-state index in [4.69, 9.17) is 11.8 Å². The van der Waals surface area contributed by atoms with Gasteiger partial charge in [0.2, 0.25) is 5.91 Å². The topological polar surface area (TPSA) is 40.6 Å². The van der Waals surface area contributed by atoms with Crippen LogP contribution >= 0.6 is 34.4 Å². The minimum absolute atomic E-state index is 0.00573. The lowest BCUT2D eigenvalue weighted by Gasteiger charge is -2.12. The van der Waals surface area contributed by atoms with E-state index >= 15 is 0 Å². The molecule has 0 bridgehead atoms. The van der Waals surface area contributed by atoms with Crippen molar-refractivity contribution in [3.63, 3.8) is 0 Å². The van der Waals surface area contributed by atoms with E-state index in [2.05, 4.69) is 22.6 Å². The van der Waals surface area contributed by atoms with Crippen molar-refractivity contribution in [3.8, 4) is 0 Å². The van der Waals surface area contributed by atoms with Crippen molar-refractivity contribution in [1.82, 2.24) is 4.90 Å². The number of Topliss-reactive ketones (excluding diaryl/α,β-unsaturated/α-hetero) is 1. The molecule has 0 fully saturated rings. The van der Waals surface area contributed by atoms with Crippen molar-refractivity contribution < 1.29 is 9.59 Å². The van der Waals surface area contributed by atoms with Crippen LogP contribution in [0.25, 0.3) is 0 Å². The van der Waals surface area contributed by atoms with Gasteiger partial charge in [-0.25, -0.2) is 4.42 Å². The predicted molar refractivity (Wildman–Crippen MR) is 83.2 cm³/mol. The number of carbonyl (C=O) groups excluding carboxylic acids is 2. The third-order valence-electron chi connectivity index (χ3n) is 2.68. The molecule has 2 rings (SSSR count). The Labute approximate surface area is 130 Å². The number of rotatable bonds is 1. The second-order valence-electron chi connectivity index (χ2n) is 4.46. The maximum atomic E-state index is 12.5. The third kappa shape index (κ3) is 2.92. The number of ketones is 1. The van der Waals surface area contributed by atoms with Gasteiger partial charge in [-0.1, -0.05) is 0 Å². The zero-order valence-electron chi connectivity index (χ0n) is 10.5. The highest BCUT2D eigenvalue weighted by molar-refractivity contribution is 14.1. The standard InChI is InChI=1S/C13H12ClIN2O2/c1-16(2)7-8-5-12(18)17(14)11-4-3-9(15)6-10(11)13(8)19/h3-4,6-7H,5H2,1-2H3. The number of carbonyl (C=O) groups is 2. The van der Waals surface area contributed by atoms with Gasteiger partial charge in [0, 0.05) is 46.8 Å². The fraction of sp³-hybridized carbons (Fsp3) is 0.231. The fourth-order valence-corrected chi connectivity index (χ4v) is 2.60. The molecule has 1 aromatic rings. The highest BCUT2D eigenvalue weighted by Gasteiger charge is 2.29. The molecule has 0 radical (unpaired) electrons. The minimum atomic E-state index is -0.303. The number of hydrogen-bond donors (Lipinski definition) is 0. The van der Waals surface area contributed by atoms with Gasteiger partial charge in [-0.15, -0.1) is 0 Å². The lowest BCUT2D eigenvalue weighted by atomic mass is 10.0. The van der Waals surface area contributed by atoms with Crippen LogP contribution in [0.4, 0.5) is 5.69 Å². The summed E-state index contributed by atoms with van der Waals surface area (Å²) < 4.78 is 1.95. The molecular formula is C13H12ClIN2O2. The van der Waals surface area contributed by atoms with Gasteiger partial charge in [0.25, 0.3) is 0 Å². The summed E-state index contributed by atoms with van der Waals surface area (Å²) in [5.41, 5.74) is 1.35. The predicted octanol–water partition coefficient (Wildman–Crippen LogP) is 2.81. The molecule has 19 heavy (non-hydrogen) atoms. The minimum Gasteiger partial charge on any atom is -0.383 e. The van der Waals surface area contributed by atoms with Crippen LogP contribution < -0.4 is 4.42 Å². The third-order valence-corrected chi connectivity index (χ3v) is 3.72. The Kier molecular flexibility index (Phi) is 4.15. The second kappa shape index (κ2) is 5.50. The van der Waals surface area contributed by atoms with Crippen LogP contribution in [0.3, 0.4) is 0 Å². The van der Waals surface area contributed by atoms with E-state index in [9.17, 15) is 9.59 Å². The Bertz CT molecular complexity index is 584. The molecule has 0 unspecified atom stereocenters. The Morgan fingerprint density at radius 3 is 2.68 bits per heavy atom. The molecule has 1 amide bonds. The molecular weight excluding hydrogens is 379 g/mol. The number of amides is 1. The highest BCUT2D eigenvalue weighted by atomic mass is 127. The smallest absolute Gasteiger partial charge is 0.246 e. The van der Waals surface area contributed by atoms with Crippen molar-refractivity contribution in [2.24, 2.45) is 0 Å². The van der Waals surface area contributed by atoms with Gasteiger partial charge in [-0.05, 0) is 40.8 Å². The molecule has 0 atom stereocenters. The number of fused-ring (bicyclic) bond motifs is 1. The van der Waals surface area contributed by atoms with Crippen molar-refractivity contribution in [2.75, 3.05) is 18.5 Å². The van der Waals surface area contributed by atoms with Gasteiger partial charge < -0.3 is 4.90 Å². The molecule has 1 aliphatic heterocycles. The molecule has 1 aromatic carbocycles. The summed E-state index contributed by atoms with van der Waals surface area (Å²) in [6, 6.07) is 5.25. The van der Waals surface area contributed by atoms with Crippen LogP contribution in [0.15, 0.2) is 30.0 Å². The van der Waals surface area contributed by atoms with E-state index < -0.39 is 0 Å². The molecule has 0 saturated carbocycles. The Hall–Kier alpha value is -1.08. The Morgan fingerprint density at radius 2 is 2.05 bits per heavy atom. The van der Waals surface area contributed by atoms with Crippen LogP contribution in [0, 0.1) is 3.57 Å². The average molecular weight is 391 g/mol. The first-order valence-corrected chi connectivity index (χ1v) is 7.02. The summed E-state index contributed by atoms with van der Waals surface area (Å²) in [5.74, 6) is -0.457. The van der Waals surface area contributed by atoms with Crippen LogP contribution in [-0.4, -0.2) is 30.7 Å². The summed E-state index contributed by atoms with van der Waals surface area (Å²) >= 11 is 8.13. The van der Waals surface area contributed by atoms with Gasteiger partial charge in [-0.2, -0.15) is 0 Å². The normalized spacial score (nSPS) is 17.5. The van der Waals surface area contributed by atoms with Crippen LogP contribution in [0.5, 0.6) is 0 Å². The maximum Gasteiger partial charge on any atom is 0.246 e. The van der Waals surface area contributed by atoms with Gasteiger partial charge in [0.1, 0.15) is 0 Å². The fourth-order valence-electron chi connectivity index (χ4n) is 1.90. The molecule has 100 valence electrons. The lowest BCUT2D eigenvalue weighted by molar-refractivity contribution is -0.116. The van der Waals surface area contributed by atoms with Gasteiger partial charge in [0.15, 0.2) is 5.78 Å². The van der Waals surface area contributed by atoms with Crippen LogP contribution in [0.2, 0.25) is 0 Å². The summed E-state index contributed by atoms with van der Waals surface area (Å²) in [7, 11) is 3.62. The Morgan fingerprint density at radius 1 is 1.37 bits per heavy atom. The zero-order chi connectivity index (χ0) is 14.2. The first-order chi connectivity index (χ1) is 8.90. The van der Waals surface area contributed by atoms with Gasteiger partial charge in [-0.3, -0.25) is 9.59 Å². The van der Waals surface area contributed by atoms with E-state index in [0.29, 0.717) is 16.8 Å². The van der Waals surface area contributed by atoms with Crippen molar-refractivity contribution in [3.05, 3.63) is 39.1 Å². The van der Waals surface area contributed by atoms with Crippen molar-refractivity contribution >= 4 is 51.7 Å². The lowest BCUT2D eigenvalue weighted by Crippen LogP contribution is -2.19. The molecule has 0 aliphatic carbocycles. The van der Waals surface area contributed by atoms with Crippen molar-refractivity contribution in [1.29, 1.82) is 0 Å². The first kappa shape index (κ1) is 14.3. The quantitative estimate of drug-likeness (QED) is 0.421. The molecule has 0 saturated heterocycles. The van der Waals surface area contributed by atoms with Crippen molar-refractivity contribution in [2.45, 2.75) is 6.42 Å². The van der Waals surface area contributed by atoms with E-state index in [1.165, 1.54) is 0 Å². The first-order valence-electron chi connectivity index (χ1n) is 5.60. The molecule has 1 heterocycles. The average Bonchev–Trinajstić information content (AvgIpc) is 2.42. The van der Waals surface area contributed by atoms with Crippen LogP contribution in [-0.2, 0) is 4.79 Å². The monoisotopic (exact) mass is 390 g/mol. The molecule has 4 nitrogen and oxygen atoms in total. The molecule has 1 aliphatic rings. The SMILES string of the molecule is CN(C)C=C1CC(=O)N(Cl)c2ccc(I)cc2C1=O. The summed E-state index contributed by atoms with van der Waals surface area (Å²) in [4.78, 5) is 26.2. The number of halogens is 2. The Balaban J connectivity index is 2.61. The van der Waals surface area contributed by atoms with E-state index in [1.54, 1.807) is 23.2 Å². The summed E-state index contributed by atoms with van der Waals surface area (Å²) in [6.07, 6.45) is 1.67.